The second-order valence-corrected chi connectivity index (χ2v) is 4.66. The highest BCUT2D eigenvalue weighted by atomic mass is 16.5. The molecule has 116 valence electrons. The molecule has 1 aromatic carbocycles. The van der Waals surface area contributed by atoms with Crippen LogP contribution >= 0.6 is 0 Å². The van der Waals surface area contributed by atoms with Crippen molar-refractivity contribution in [3.05, 3.63) is 30.1 Å². The van der Waals surface area contributed by atoms with E-state index in [1.165, 1.54) is 0 Å². The average Bonchev–Trinajstić information content (AvgIpc) is 3.01. The van der Waals surface area contributed by atoms with Gasteiger partial charge in [0.1, 0.15) is 0 Å². The molecule has 8 heteroatoms. The summed E-state index contributed by atoms with van der Waals surface area (Å²) in [4.78, 5) is 4.25. The Balaban J connectivity index is 2.04. The molecule has 8 nitrogen and oxygen atoms in total. The first-order valence-corrected chi connectivity index (χ1v) is 6.75. The molecule has 2 heterocycles. The summed E-state index contributed by atoms with van der Waals surface area (Å²) in [5, 5.41) is 16.6. The van der Waals surface area contributed by atoms with E-state index in [1.807, 2.05) is 12.1 Å². The molecule has 0 bridgehead atoms. The summed E-state index contributed by atoms with van der Waals surface area (Å²) in [6.07, 6.45) is 3.49. The van der Waals surface area contributed by atoms with Gasteiger partial charge in [0.15, 0.2) is 17.3 Å². The molecular formula is C14H17N5O3. The zero-order chi connectivity index (χ0) is 15.5. The summed E-state index contributed by atoms with van der Waals surface area (Å²) in [5.74, 6) is 1.91. The molecule has 3 rings (SSSR count). The number of hydrazine groups is 2. The van der Waals surface area contributed by atoms with Crippen LogP contribution in [-0.2, 0) is 0 Å². The highest BCUT2D eigenvalue weighted by Crippen LogP contribution is 2.33. The molecule has 1 aromatic heterocycles. The second-order valence-electron chi connectivity index (χ2n) is 4.66. The molecule has 3 N–H and O–H groups in total. The summed E-state index contributed by atoms with van der Waals surface area (Å²) in [5.41, 5.74) is 6.68. The highest BCUT2D eigenvalue weighted by Gasteiger charge is 2.19. The van der Waals surface area contributed by atoms with Gasteiger partial charge in [0, 0.05) is 23.3 Å². The minimum atomic E-state index is 0.0155. The lowest BCUT2D eigenvalue weighted by molar-refractivity contribution is 0.135. The lowest BCUT2D eigenvalue weighted by Gasteiger charge is -2.15. The number of hydrogen-bond acceptors (Lipinski definition) is 8. The lowest BCUT2D eigenvalue weighted by Crippen LogP contribution is -2.43. The maximum Gasteiger partial charge on any atom is 0.172 e. The van der Waals surface area contributed by atoms with E-state index in [4.69, 9.17) is 14.6 Å². The van der Waals surface area contributed by atoms with E-state index in [1.54, 1.807) is 31.7 Å². The number of nitrogens with one attached hydrogen (secondary N) is 2. The molecule has 0 atom stereocenters. The third-order valence-electron chi connectivity index (χ3n) is 3.37. The van der Waals surface area contributed by atoms with Gasteiger partial charge in [-0.1, -0.05) is 0 Å². The Morgan fingerprint density at radius 2 is 1.95 bits per heavy atom. The Morgan fingerprint density at radius 1 is 1.18 bits per heavy atom. The fourth-order valence-electron chi connectivity index (χ4n) is 2.30. The summed E-state index contributed by atoms with van der Waals surface area (Å²) in [7, 11) is 3.20. The fraction of sp³-hybridized carbons (Fsp3) is 0.286. The van der Waals surface area contributed by atoms with Gasteiger partial charge < -0.3 is 14.6 Å². The molecule has 0 spiro atoms. The molecule has 22 heavy (non-hydrogen) atoms. The van der Waals surface area contributed by atoms with Gasteiger partial charge in [-0.05, 0) is 17.5 Å². The number of β-amino-alcohol motifs (C(OH)–C–C–N with tert-alkyl or cyclic N) is 1. The first-order chi connectivity index (χ1) is 10.8. The number of methoxy groups -OCH3 is 2. The van der Waals surface area contributed by atoms with Crippen molar-refractivity contribution in [2.75, 3.05) is 27.4 Å². The van der Waals surface area contributed by atoms with E-state index in [-0.39, 0.29) is 6.61 Å². The largest absolute Gasteiger partial charge is 0.493 e. The molecule has 1 aliphatic heterocycles. The van der Waals surface area contributed by atoms with Crippen LogP contribution in [0.15, 0.2) is 29.6 Å². The van der Waals surface area contributed by atoms with Crippen LogP contribution in [0.2, 0.25) is 0 Å². The minimum Gasteiger partial charge on any atom is -0.493 e. The van der Waals surface area contributed by atoms with Gasteiger partial charge in [-0.25, -0.2) is 5.53 Å². The summed E-state index contributed by atoms with van der Waals surface area (Å²) in [6.45, 7) is 0.421. The summed E-state index contributed by atoms with van der Waals surface area (Å²) >= 11 is 0. The number of amidine groups is 1. The maximum absolute atomic E-state index is 8.97. The fourth-order valence-corrected chi connectivity index (χ4v) is 2.30. The van der Waals surface area contributed by atoms with Crippen LogP contribution in [0.25, 0.3) is 10.8 Å². The summed E-state index contributed by atoms with van der Waals surface area (Å²) < 4.78 is 10.7. The number of hydrogen-bond donors (Lipinski definition) is 3. The Kier molecular flexibility index (Phi) is 3.94. The predicted octanol–water partition coefficient (Wildman–Crippen LogP) is 0.231. The van der Waals surface area contributed by atoms with Crippen LogP contribution in [0, 0.1) is 0 Å². The number of nitrogens with zero attached hydrogens (tertiary/aromatic N) is 3. The Bertz CT molecular complexity index is 719. The number of benzene rings is 1. The predicted molar refractivity (Wildman–Crippen MR) is 81.4 cm³/mol. The molecular weight excluding hydrogens is 286 g/mol. The van der Waals surface area contributed by atoms with Gasteiger partial charge in [0.05, 0.1) is 27.4 Å². The van der Waals surface area contributed by atoms with Crippen LogP contribution in [0.4, 0.5) is 0 Å². The van der Waals surface area contributed by atoms with Crippen molar-refractivity contribution < 1.29 is 14.6 Å². The topological polar surface area (TPSA) is 91.2 Å². The number of aromatic nitrogens is 1. The van der Waals surface area contributed by atoms with Crippen molar-refractivity contribution in [3.63, 3.8) is 0 Å². The number of aliphatic hydroxyl groups is 1. The van der Waals surface area contributed by atoms with Crippen LogP contribution in [0.3, 0.4) is 0 Å². The number of rotatable bonds is 5. The SMILES string of the molecule is COc1cc2cncc(C3=NNN(CCO)N3)c2cc1OC. The van der Waals surface area contributed by atoms with Crippen molar-refractivity contribution >= 4 is 16.6 Å². The van der Waals surface area contributed by atoms with E-state index in [0.717, 1.165) is 16.3 Å². The van der Waals surface area contributed by atoms with Gasteiger partial charge in [-0.2, -0.15) is 0 Å². The van der Waals surface area contributed by atoms with Crippen LogP contribution in [0.5, 0.6) is 11.5 Å². The first-order valence-electron chi connectivity index (χ1n) is 6.75. The van der Waals surface area contributed by atoms with Crippen molar-refractivity contribution in [1.82, 2.24) is 21.1 Å². The van der Waals surface area contributed by atoms with E-state index in [2.05, 4.69) is 21.0 Å². The monoisotopic (exact) mass is 303 g/mol. The van der Waals surface area contributed by atoms with Gasteiger partial charge >= 0.3 is 0 Å². The number of hydrazone groups is 1. The van der Waals surface area contributed by atoms with Gasteiger partial charge in [0.2, 0.25) is 0 Å². The molecule has 1 aliphatic rings. The molecule has 0 fully saturated rings. The highest BCUT2D eigenvalue weighted by molar-refractivity contribution is 6.10. The van der Waals surface area contributed by atoms with Crippen molar-refractivity contribution in [2.45, 2.75) is 0 Å². The quantitative estimate of drug-likeness (QED) is 0.728. The number of ether oxygens (including phenoxy) is 2. The Hall–Kier alpha value is -2.58. The molecule has 0 saturated carbocycles. The van der Waals surface area contributed by atoms with Crippen LogP contribution in [0.1, 0.15) is 5.56 Å². The van der Waals surface area contributed by atoms with Gasteiger partial charge in [-0.3, -0.25) is 10.4 Å². The van der Waals surface area contributed by atoms with Crippen molar-refractivity contribution in [3.8, 4) is 11.5 Å². The minimum absolute atomic E-state index is 0.0155. The van der Waals surface area contributed by atoms with Crippen molar-refractivity contribution in [1.29, 1.82) is 0 Å². The number of aliphatic hydroxyl groups excluding tert-OH is 1. The molecule has 2 aromatic rings. The van der Waals surface area contributed by atoms with Crippen molar-refractivity contribution in [2.24, 2.45) is 5.10 Å². The zero-order valence-corrected chi connectivity index (χ0v) is 12.3. The van der Waals surface area contributed by atoms with Gasteiger partial charge in [0.25, 0.3) is 0 Å². The number of pyridine rings is 1. The standard InChI is InChI=1S/C14H17N5O3/c1-21-12-5-9-7-15-8-11(10(9)6-13(12)22-2)14-16-18-19(17-14)3-4-20/h5-8,18,20H,3-4H2,1-2H3,(H,16,17). The van der Waals surface area contributed by atoms with Crippen LogP contribution in [-0.4, -0.2) is 48.4 Å². The summed E-state index contributed by atoms with van der Waals surface area (Å²) in [6, 6.07) is 3.77. The molecule has 0 saturated heterocycles. The third-order valence-corrected chi connectivity index (χ3v) is 3.37. The van der Waals surface area contributed by atoms with Gasteiger partial charge in [-0.15, -0.1) is 10.2 Å². The normalized spacial score (nSPS) is 14.4. The van der Waals surface area contributed by atoms with E-state index >= 15 is 0 Å². The third kappa shape index (κ3) is 2.49. The van der Waals surface area contributed by atoms with E-state index in [0.29, 0.717) is 23.9 Å². The smallest absolute Gasteiger partial charge is 0.172 e. The Labute approximate surface area is 127 Å². The first kappa shape index (κ1) is 14.4. The Morgan fingerprint density at radius 3 is 2.68 bits per heavy atom. The molecule has 0 amide bonds. The second kappa shape index (κ2) is 6.04. The van der Waals surface area contributed by atoms with Crippen LogP contribution < -0.4 is 20.4 Å². The number of fused-ring (bicyclic) bond motifs is 1. The van der Waals surface area contributed by atoms with E-state index in [9.17, 15) is 0 Å². The molecule has 0 aliphatic carbocycles. The molecule has 0 radical (unpaired) electrons. The lowest BCUT2D eigenvalue weighted by atomic mass is 10.1. The zero-order valence-electron chi connectivity index (χ0n) is 12.3. The van der Waals surface area contributed by atoms with E-state index < -0.39 is 0 Å². The maximum atomic E-state index is 8.97. The molecule has 0 unspecified atom stereocenters. The average molecular weight is 303 g/mol.